The molecule has 0 aliphatic rings. The van der Waals surface area contributed by atoms with Crippen LogP contribution in [0.1, 0.15) is 44.6 Å². The van der Waals surface area contributed by atoms with Crippen LogP contribution in [-0.2, 0) is 11.3 Å². The molecule has 5 heteroatoms. The van der Waals surface area contributed by atoms with Gasteiger partial charge in [-0.15, -0.1) is 11.3 Å². The van der Waals surface area contributed by atoms with Crippen LogP contribution in [0.5, 0.6) is 0 Å². The van der Waals surface area contributed by atoms with E-state index in [4.69, 9.17) is 4.42 Å². The Bertz CT molecular complexity index is 600. The van der Waals surface area contributed by atoms with E-state index in [-0.39, 0.29) is 11.8 Å². The molecule has 1 N–H and O–H groups in total. The van der Waals surface area contributed by atoms with Crippen molar-refractivity contribution in [1.29, 1.82) is 0 Å². The normalized spacial score (nSPS) is 12.4. The summed E-state index contributed by atoms with van der Waals surface area (Å²) in [6.07, 6.45) is 0. The highest BCUT2D eigenvalue weighted by Crippen LogP contribution is 2.26. The Morgan fingerprint density at radius 1 is 1.45 bits per heavy atom. The number of rotatable bonds is 5. The van der Waals surface area contributed by atoms with E-state index in [2.05, 4.69) is 36.9 Å². The number of furan rings is 1. The second-order valence-corrected chi connectivity index (χ2v) is 6.19. The molecule has 0 spiro atoms. The number of hydrogen-bond acceptors (Lipinski definition) is 5. The summed E-state index contributed by atoms with van der Waals surface area (Å²) in [5, 5.41) is 3.40. The van der Waals surface area contributed by atoms with E-state index in [1.807, 2.05) is 0 Å². The lowest BCUT2D eigenvalue weighted by Crippen LogP contribution is -2.17. The molecule has 4 nitrogen and oxygen atoms in total. The van der Waals surface area contributed by atoms with Gasteiger partial charge in [0, 0.05) is 15.8 Å². The molecule has 2 aromatic heterocycles. The maximum Gasteiger partial charge on any atom is 0.373 e. The topological polar surface area (TPSA) is 51.5 Å². The average molecular weight is 293 g/mol. The summed E-state index contributed by atoms with van der Waals surface area (Å²) in [6, 6.07) is 5.87. The van der Waals surface area contributed by atoms with Crippen molar-refractivity contribution in [2.24, 2.45) is 0 Å². The Hall–Kier alpha value is -1.59. The molecule has 0 radical (unpaired) electrons. The number of nitrogens with one attached hydrogen (secondary N) is 1. The predicted octanol–water partition coefficient (Wildman–Crippen LogP) is 3.60. The third-order valence-electron chi connectivity index (χ3n) is 3.18. The van der Waals surface area contributed by atoms with E-state index >= 15 is 0 Å². The molecule has 1 unspecified atom stereocenters. The zero-order chi connectivity index (χ0) is 14.7. The number of thiophene rings is 1. The van der Waals surface area contributed by atoms with E-state index in [0.29, 0.717) is 6.54 Å². The van der Waals surface area contributed by atoms with Crippen LogP contribution in [0.15, 0.2) is 22.6 Å². The Labute approximate surface area is 122 Å². The van der Waals surface area contributed by atoms with Crippen molar-refractivity contribution in [2.75, 3.05) is 7.11 Å². The van der Waals surface area contributed by atoms with E-state index in [1.165, 1.54) is 22.4 Å². The highest BCUT2D eigenvalue weighted by Gasteiger charge is 2.13. The maximum absolute atomic E-state index is 11.3. The zero-order valence-electron chi connectivity index (χ0n) is 12.1. The van der Waals surface area contributed by atoms with Gasteiger partial charge in [-0.3, -0.25) is 0 Å². The van der Waals surface area contributed by atoms with Crippen molar-refractivity contribution in [2.45, 2.75) is 33.4 Å². The van der Waals surface area contributed by atoms with Crippen LogP contribution >= 0.6 is 11.3 Å². The van der Waals surface area contributed by atoms with Crippen LogP contribution in [0.4, 0.5) is 0 Å². The summed E-state index contributed by atoms with van der Waals surface area (Å²) in [5.41, 5.74) is 1.31. The van der Waals surface area contributed by atoms with E-state index < -0.39 is 5.97 Å². The molecule has 0 saturated heterocycles. The summed E-state index contributed by atoms with van der Waals surface area (Å²) < 4.78 is 10.0. The van der Waals surface area contributed by atoms with Crippen LogP contribution in [-0.4, -0.2) is 13.1 Å². The van der Waals surface area contributed by atoms with Gasteiger partial charge in [0.1, 0.15) is 5.76 Å². The number of hydrogen-bond donors (Lipinski definition) is 1. The predicted molar refractivity (Wildman–Crippen MR) is 79.1 cm³/mol. The van der Waals surface area contributed by atoms with E-state index in [9.17, 15) is 4.79 Å². The smallest absolute Gasteiger partial charge is 0.373 e. The number of esters is 1. The van der Waals surface area contributed by atoms with Crippen molar-refractivity contribution in [3.8, 4) is 0 Å². The maximum atomic E-state index is 11.3. The van der Waals surface area contributed by atoms with Gasteiger partial charge < -0.3 is 14.5 Å². The average Bonchev–Trinajstić information content (AvgIpc) is 3.01. The standard InChI is InChI=1S/C15H19NO3S/c1-9-7-13(11(3)20-9)10(2)16-8-12-5-6-14(19-12)15(17)18-4/h5-7,10,16H,8H2,1-4H3. The third-order valence-corrected chi connectivity index (χ3v) is 4.16. The first-order chi connectivity index (χ1) is 9.51. The number of carbonyl (C=O) groups excluding carboxylic acids is 1. The van der Waals surface area contributed by atoms with Crippen LogP contribution in [0.2, 0.25) is 0 Å². The van der Waals surface area contributed by atoms with Crippen LogP contribution in [0.25, 0.3) is 0 Å². The van der Waals surface area contributed by atoms with Crippen molar-refractivity contribution in [1.82, 2.24) is 5.32 Å². The van der Waals surface area contributed by atoms with Crippen LogP contribution < -0.4 is 5.32 Å². The third kappa shape index (κ3) is 3.29. The van der Waals surface area contributed by atoms with Gasteiger partial charge in [-0.1, -0.05) is 0 Å². The molecule has 0 aromatic carbocycles. The second kappa shape index (κ2) is 6.24. The van der Waals surface area contributed by atoms with Crippen molar-refractivity contribution in [3.63, 3.8) is 0 Å². The first kappa shape index (κ1) is 14.8. The number of methoxy groups -OCH3 is 1. The molecule has 2 heterocycles. The molecule has 0 fully saturated rings. The van der Waals surface area contributed by atoms with Gasteiger partial charge in [0.2, 0.25) is 5.76 Å². The summed E-state index contributed by atoms with van der Waals surface area (Å²) >= 11 is 1.81. The monoisotopic (exact) mass is 293 g/mol. The van der Waals surface area contributed by atoms with E-state index in [0.717, 1.165) is 5.76 Å². The zero-order valence-corrected chi connectivity index (χ0v) is 13.0. The van der Waals surface area contributed by atoms with E-state index in [1.54, 1.807) is 23.5 Å². The molecule has 2 rings (SSSR count). The fourth-order valence-electron chi connectivity index (χ4n) is 2.13. The molecule has 1 atom stereocenters. The summed E-state index contributed by atoms with van der Waals surface area (Å²) in [5.74, 6) is 0.509. The molecular formula is C15H19NO3S. The largest absolute Gasteiger partial charge is 0.463 e. The molecule has 0 aliphatic heterocycles. The van der Waals surface area contributed by atoms with Gasteiger partial charge in [0.15, 0.2) is 0 Å². The Morgan fingerprint density at radius 2 is 2.20 bits per heavy atom. The molecule has 108 valence electrons. The Balaban J connectivity index is 1.96. The lowest BCUT2D eigenvalue weighted by Gasteiger charge is -2.12. The van der Waals surface area contributed by atoms with Crippen molar-refractivity contribution in [3.05, 3.63) is 45.0 Å². The first-order valence-corrected chi connectivity index (χ1v) is 7.30. The van der Waals surface area contributed by atoms with Gasteiger partial charge in [-0.25, -0.2) is 4.79 Å². The fraction of sp³-hybridized carbons (Fsp3) is 0.400. The quantitative estimate of drug-likeness (QED) is 0.856. The molecule has 0 bridgehead atoms. The van der Waals surface area contributed by atoms with Crippen molar-refractivity contribution >= 4 is 17.3 Å². The first-order valence-electron chi connectivity index (χ1n) is 6.48. The molecule has 0 saturated carbocycles. The number of carbonyl (C=O) groups is 1. The lowest BCUT2D eigenvalue weighted by molar-refractivity contribution is 0.0563. The van der Waals surface area contributed by atoms with Gasteiger partial charge in [0.05, 0.1) is 13.7 Å². The minimum Gasteiger partial charge on any atom is -0.463 e. The highest BCUT2D eigenvalue weighted by molar-refractivity contribution is 7.12. The Kier molecular flexibility index (Phi) is 4.62. The lowest BCUT2D eigenvalue weighted by atomic mass is 10.1. The van der Waals surface area contributed by atoms with Crippen LogP contribution in [0.3, 0.4) is 0 Å². The minimum atomic E-state index is -0.450. The van der Waals surface area contributed by atoms with Crippen molar-refractivity contribution < 1.29 is 13.9 Å². The molecule has 0 amide bonds. The number of aryl methyl sites for hydroxylation is 2. The highest BCUT2D eigenvalue weighted by atomic mass is 32.1. The summed E-state index contributed by atoms with van der Waals surface area (Å²) in [6.45, 7) is 6.95. The SMILES string of the molecule is COC(=O)c1ccc(CNC(C)c2cc(C)sc2C)o1. The van der Waals surface area contributed by atoms with Gasteiger partial charge >= 0.3 is 5.97 Å². The molecular weight excluding hydrogens is 274 g/mol. The molecule has 2 aromatic rings. The fourth-order valence-corrected chi connectivity index (χ4v) is 3.15. The number of ether oxygens (including phenoxy) is 1. The summed E-state index contributed by atoms with van der Waals surface area (Å²) in [7, 11) is 1.34. The van der Waals surface area contributed by atoms with Gasteiger partial charge in [-0.2, -0.15) is 0 Å². The summed E-state index contributed by atoms with van der Waals surface area (Å²) in [4.78, 5) is 13.9. The molecule has 0 aliphatic carbocycles. The minimum absolute atomic E-state index is 0.236. The molecule has 20 heavy (non-hydrogen) atoms. The second-order valence-electron chi connectivity index (χ2n) is 4.73. The Morgan fingerprint density at radius 3 is 2.80 bits per heavy atom. The van der Waals surface area contributed by atoms with Crippen LogP contribution in [0, 0.1) is 13.8 Å². The van der Waals surface area contributed by atoms with Gasteiger partial charge in [0.25, 0.3) is 0 Å². The van der Waals surface area contributed by atoms with Gasteiger partial charge in [-0.05, 0) is 44.5 Å².